The Hall–Kier alpha value is -1.88. The van der Waals surface area contributed by atoms with Crippen molar-refractivity contribution in [2.24, 2.45) is 0 Å². The maximum Gasteiger partial charge on any atom is 0.319 e. The van der Waals surface area contributed by atoms with Gasteiger partial charge in [-0.1, -0.05) is 28.1 Å². The Morgan fingerprint density at radius 3 is 2.67 bits per heavy atom. The van der Waals surface area contributed by atoms with E-state index in [0.29, 0.717) is 12.2 Å². The zero-order valence-electron chi connectivity index (χ0n) is 9.56. The molecule has 0 bridgehead atoms. The van der Waals surface area contributed by atoms with Crippen LogP contribution in [0.4, 0.5) is 10.5 Å². The number of amides is 2. The fourth-order valence-corrected chi connectivity index (χ4v) is 1.66. The Morgan fingerprint density at radius 1 is 1.22 bits per heavy atom. The third-order valence-corrected chi connectivity index (χ3v) is 2.81. The van der Waals surface area contributed by atoms with E-state index in [1.807, 2.05) is 24.3 Å². The lowest BCUT2D eigenvalue weighted by atomic mass is 10.2. The average Bonchev–Trinajstić information content (AvgIpc) is 2.39. The number of anilines is 1. The third-order valence-electron chi connectivity index (χ3n) is 2.29. The van der Waals surface area contributed by atoms with Gasteiger partial charge in [0.15, 0.2) is 0 Å². The van der Waals surface area contributed by atoms with E-state index < -0.39 is 0 Å². The van der Waals surface area contributed by atoms with Crippen LogP contribution in [0, 0.1) is 0 Å². The fourth-order valence-electron chi connectivity index (χ4n) is 1.40. The maximum absolute atomic E-state index is 11.6. The highest BCUT2D eigenvalue weighted by atomic mass is 79.9. The van der Waals surface area contributed by atoms with Crippen LogP contribution in [-0.4, -0.2) is 11.0 Å². The second-order valence-electron chi connectivity index (χ2n) is 3.68. The first-order valence-corrected chi connectivity index (χ1v) is 6.22. The van der Waals surface area contributed by atoms with E-state index in [0.717, 1.165) is 10.0 Å². The summed E-state index contributed by atoms with van der Waals surface area (Å²) in [5.41, 5.74) is 1.71. The molecule has 0 saturated heterocycles. The van der Waals surface area contributed by atoms with E-state index in [1.54, 1.807) is 24.5 Å². The summed E-state index contributed by atoms with van der Waals surface area (Å²) in [5.74, 6) is 0. The Bertz CT molecular complexity index is 514. The first-order chi connectivity index (χ1) is 8.74. The Morgan fingerprint density at radius 2 is 2.00 bits per heavy atom. The van der Waals surface area contributed by atoms with Crippen LogP contribution in [0.5, 0.6) is 0 Å². The Balaban J connectivity index is 1.83. The van der Waals surface area contributed by atoms with Crippen LogP contribution in [0.1, 0.15) is 5.56 Å². The van der Waals surface area contributed by atoms with Crippen molar-refractivity contribution < 1.29 is 4.79 Å². The molecule has 18 heavy (non-hydrogen) atoms. The molecule has 0 radical (unpaired) electrons. The molecule has 0 unspecified atom stereocenters. The molecule has 1 aromatic heterocycles. The number of halogens is 1. The monoisotopic (exact) mass is 305 g/mol. The molecule has 2 aromatic rings. The minimum absolute atomic E-state index is 0.245. The van der Waals surface area contributed by atoms with Gasteiger partial charge in [-0.15, -0.1) is 0 Å². The van der Waals surface area contributed by atoms with Crippen LogP contribution in [-0.2, 0) is 6.54 Å². The van der Waals surface area contributed by atoms with Gasteiger partial charge in [-0.25, -0.2) is 4.79 Å². The van der Waals surface area contributed by atoms with Crippen LogP contribution in [0.3, 0.4) is 0 Å². The molecular weight excluding hydrogens is 294 g/mol. The molecule has 2 amide bonds. The molecule has 0 aliphatic heterocycles. The van der Waals surface area contributed by atoms with Crippen molar-refractivity contribution in [3.63, 3.8) is 0 Å². The van der Waals surface area contributed by atoms with Crippen LogP contribution in [0.25, 0.3) is 0 Å². The molecule has 0 fully saturated rings. The van der Waals surface area contributed by atoms with Crippen LogP contribution >= 0.6 is 15.9 Å². The van der Waals surface area contributed by atoms with Gasteiger partial charge >= 0.3 is 6.03 Å². The van der Waals surface area contributed by atoms with E-state index in [2.05, 4.69) is 31.5 Å². The number of benzene rings is 1. The second-order valence-corrected chi connectivity index (χ2v) is 4.59. The highest BCUT2D eigenvalue weighted by Gasteiger charge is 2.01. The van der Waals surface area contributed by atoms with Crippen LogP contribution in [0.2, 0.25) is 0 Å². The minimum atomic E-state index is -0.245. The summed E-state index contributed by atoms with van der Waals surface area (Å²) in [6.07, 6.45) is 3.25. The van der Waals surface area contributed by atoms with Gasteiger partial charge in [-0.3, -0.25) is 4.98 Å². The van der Waals surface area contributed by atoms with Crippen molar-refractivity contribution in [3.05, 3.63) is 58.8 Å². The number of hydrogen-bond acceptors (Lipinski definition) is 2. The molecule has 0 saturated carbocycles. The number of aromatic nitrogens is 1. The van der Waals surface area contributed by atoms with Gasteiger partial charge in [-0.2, -0.15) is 0 Å². The number of carbonyl (C=O) groups excluding carboxylic acids is 1. The van der Waals surface area contributed by atoms with E-state index in [1.165, 1.54) is 0 Å². The summed E-state index contributed by atoms with van der Waals surface area (Å²) in [5, 5.41) is 5.48. The zero-order valence-corrected chi connectivity index (χ0v) is 11.1. The molecule has 2 N–H and O–H groups in total. The highest BCUT2D eigenvalue weighted by Crippen LogP contribution is 2.10. The summed E-state index contributed by atoms with van der Waals surface area (Å²) in [7, 11) is 0. The molecule has 0 spiro atoms. The summed E-state index contributed by atoms with van der Waals surface area (Å²) >= 11 is 3.36. The van der Waals surface area contributed by atoms with E-state index >= 15 is 0 Å². The SMILES string of the molecule is O=C(NCc1ccc(Br)cc1)Nc1cccnc1. The van der Waals surface area contributed by atoms with Gasteiger partial charge in [0.2, 0.25) is 0 Å². The number of nitrogens with one attached hydrogen (secondary N) is 2. The molecule has 0 aliphatic rings. The van der Waals surface area contributed by atoms with Gasteiger partial charge < -0.3 is 10.6 Å². The molecule has 2 rings (SSSR count). The maximum atomic E-state index is 11.6. The third kappa shape index (κ3) is 3.85. The standard InChI is InChI=1S/C13H12BrN3O/c14-11-5-3-10(4-6-11)8-16-13(18)17-12-2-1-7-15-9-12/h1-7,9H,8H2,(H2,16,17,18). The molecule has 4 nitrogen and oxygen atoms in total. The van der Waals surface area contributed by atoms with Crippen LogP contribution < -0.4 is 10.6 Å². The lowest BCUT2D eigenvalue weighted by molar-refractivity contribution is 0.251. The summed E-state index contributed by atoms with van der Waals surface area (Å²) in [4.78, 5) is 15.5. The van der Waals surface area contributed by atoms with Crippen molar-refractivity contribution in [2.75, 3.05) is 5.32 Å². The molecule has 1 aromatic carbocycles. The first kappa shape index (κ1) is 12.6. The van der Waals surface area contributed by atoms with Gasteiger partial charge in [-0.05, 0) is 29.8 Å². The van der Waals surface area contributed by atoms with Gasteiger partial charge in [0.1, 0.15) is 0 Å². The van der Waals surface area contributed by atoms with Crippen molar-refractivity contribution in [1.82, 2.24) is 10.3 Å². The van der Waals surface area contributed by atoms with E-state index in [4.69, 9.17) is 0 Å². The largest absolute Gasteiger partial charge is 0.334 e. The van der Waals surface area contributed by atoms with Gasteiger partial charge in [0, 0.05) is 17.2 Å². The number of rotatable bonds is 3. The molecule has 0 aliphatic carbocycles. The molecule has 1 heterocycles. The quantitative estimate of drug-likeness (QED) is 0.915. The zero-order chi connectivity index (χ0) is 12.8. The number of hydrogen-bond donors (Lipinski definition) is 2. The molecule has 0 atom stereocenters. The predicted molar refractivity (Wildman–Crippen MR) is 74.2 cm³/mol. The second kappa shape index (κ2) is 6.16. The fraction of sp³-hybridized carbons (Fsp3) is 0.0769. The summed E-state index contributed by atoms with van der Waals surface area (Å²) in [6.45, 7) is 0.485. The number of carbonyl (C=O) groups is 1. The Kier molecular flexibility index (Phi) is 4.30. The Labute approximate surface area is 114 Å². The molecule has 5 heteroatoms. The number of pyridine rings is 1. The normalized spacial score (nSPS) is 9.83. The smallest absolute Gasteiger partial charge is 0.319 e. The number of nitrogens with zero attached hydrogens (tertiary/aromatic N) is 1. The lowest BCUT2D eigenvalue weighted by Crippen LogP contribution is -2.28. The van der Waals surface area contributed by atoms with E-state index in [-0.39, 0.29) is 6.03 Å². The summed E-state index contributed by atoms with van der Waals surface area (Å²) in [6, 6.07) is 11.1. The van der Waals surface area contributed by atoms with Crippen molar-refractivity contribution in [3.8, 4) is 0 Å². The predicted octanol–water partition coefficient (Wildman–Crippen LogP) is 3.17. The van der Waals surface area contributed by atoms with Crippen molar-refractivity contribution >= 4 is 27.6 Å². The van der Waals surface area contributed by atoms with Crippen molar-refractivity contribution in [2.45, 2.75) is 6.54 Å². The van der Waals surface area contributed by atoms with Gasteiger partial charge in [0.25, 0.3) is 0 Å². The minimum Gasteiger partial charge on any atom is -0.334 e. The summed E-state index contributed by atoms with van der Waals surface area (Å²) < 4.78 is 1.02. The number of urea groups is 1. The lowest BCUT2D eigenvalue weighted by Gasteiger charge is -2.07. The average molecular weight is 306 g/mol. The van der Waals surface area contributed by atoms with Gasteiger partial charge in [0.05, 0.1) is 11.9 Å². The van der Waals surface area contributed by atoms with Crippen molar-refractivity contribution in [1.29, 1.82) is 0 Å². The van der Waals surface area contributed by atoms with E-state index in [9.17, 15) is 4.79 Å². The highest BCUT2D eigenvalue weighted by molar-refractivity contribution is 9.10. The molecular formula is C13H12BrN3O. The first-order valence-electron chi connectivity index (χ1n) is 5.43. The topological polar surface area (TPSA) is 54.0 Å². The molecule has 92 valence electrons. The van der Waals surface area contributed by atoms with Crippen LogP contribution in [0.15, 0.2) is 53.3 Å².